The van der Waals surface area contributed by atoms with Crippen LogP contribution in [0.3, 0.4) is 0 Å². The van der Waals surface area contributed by atoms with Crippen molar-refractivity contribution in [2.24, 2.45) is 0 Å². The first kappa shape index (κ1) is 14.3. The van der Waals surface area contributed by atoms with Crippen molar-refractivity contribution in [3.05, 3.63) is 28.3 Å². The second kappa shape index (κ2) is 5.90. The van der Waals surface area contributed by atoms with E-state index in [2.05, 4.69) is 4.90 Å². The highest BCUT2D eigenvalue weighted by Gasteiger charge is 2.22. The first-order valence-electron chi connectivity index (χ1n) is 6.29. The summed E-state index contributed by atoms with van der Waals surface area (Å²) >= 11 is 6.00. The van der Waals surface area contributed by atoms with Gasteiger partial charge < -0.3 is 9.84 Å². The summed E-state index contributed by atoms with van der Waals surface area (Å²) in [4.78, 5) is 13.6. The number of carbonyl (C=O) groups is 1. The minimum Gasteiger partial charge on any atom is -0.507 e. The number of ether oxygens (including phenoxy) is 1. The van der Waals surface area contributed by atoms with Gasteiger partial charge in [0.2, 0.25) is 0 Å². The third-order valence-corrected chi connectivity index (χ3v) is 3.70. The molecule has 0 amide bonds. The van der Waals surface area contributed by atoms with Crippen LogP contribution in [0, 0.1) is 0 Å². The Morgan fingerprint density at radius 2 is 2.32 bits per heavy atom. The molecular formula is C14H18ClNO3. The van der Waals surface area contributed by atoms with Crippen molar-refractivity contribution in [1.29, 1.82) is 0 Å². The average Bonchev–Trinajstić information content (AvgIpc) is 2.86. The largest absolute Gasteiger partial charge is 0.507 e. The van der Waals surface area contributed by atoms with E-state index in [0.29, 0.717) is 29.8 Å². The maximum atomic E-state index is 11.5. The molecule has 5 heteroatoms. The number of benzene rings is 1. The molecule has 0 aliphatic carbocycles. The molecule has 19 heavy (non-hydrogen) atoms. The van der Waals surface area contributed by atoms with Crippen LogP contribution in [-0.4, -0.2) is 42.1 Å². The number of carbonyl (C=O) groups excluding carboxylic acids is 1. The predicted molar refractivity (Wildman–Crippen MR) is 73.8 cm³/mol. The number of hydrogen-bond donors (Lipinski definition) is 1. The molecule has 1 aliphatic rings. The zero-order chi connectivity index (χ0) is 14.0. The lowest BCUT2D eigenvalue weighted by Gasteiger charge is -2.23. The monoisotopic (exact) mass is 283 g/mol. The Morgan fingerprint density at radius 1 is 1.58 bits per heavy atom. The molecule has 1 saturated heterocycles. The molecule has 0 spiro atoms. The van der Waals surface area contributed by atoms with Crippen LogP contribution in [0.25, 0.3) is 0 Å². The summed E-state index contributed by atoms with van der Waals surface area (Å²) < 4.78 is 5.35. The van der Waals surface area contributed by atoms with Gasteiger partial charge in [-0.3, -0.25) is 9.69 Å². The molecule has 1 unspecified atom stereocenters. The van der Waals surface area contributed by atoms with Crippen LogP contribution in [0.4, 0.5) is 0 Å². The van der Waals surface area contributed by atoms with E-state index in [4.69, 9.17) is 16.3 Å². The van der Waals surface area contributed by atoms with Gasteiger partial charge in [-0.25, -0.2) is 0 Å². The van der Waals surface area contributed by atoms with Crippen LogP contribution < -0.4 is 0 Å². The molecule has 104 valence electrons. The third-order valence-electron chi connectivity index (χ3n) is 3.48. The second-order valence-electron chi connectivity index (χ2n) is 4.95. The number of phenols is 1. The van der Waals surface area contributed by atoms with Crippen LogP contribution in [0.5, 0.6) is 5.75 Å². The van der Waals surface area contributed by atoms with Crippen LogP contribution >= 0.6 is 11.6 Å². The molecule has 0 saturated carbocycles. The van der Waals surface area contributed by atoms with Crippen molar-refractivity contribution in [1.82, 2.24) is 4.90 Å². The van der Waals surface area contributed by atoms with Gasteiger partial charge in [-0.1, -0.05) is 11.6 Å². The van der Waals surface area contributed by atoms with Crippen LogP contribution in [0.1, 0.15) is 29.3 Å². The van der Waals surface area contributed by atoms with E-state index in [0.717, 1.165) is 13.0 Å². The molecule has 1 aromatic rings. The zero-order valence-electron chi connectivity index (χ0n) is 11.1. The number of Topliss-reactive ketones (excluding diaryl/α,β-unsaturated/α-hetero) is 1. The second-order valence-corrected chi connectivity index (χ2v) is 5.39. The van der Waals surface area contributed by atoms with E-state index in [-0.39, 0.29) is 17.1 Å². The van der Waals surface area contributed by atoms with E-state index < -0.39 is 0 Å². The molecule has 1 atom stereocenters. The van der Waals surface area contributed by atoms with Gasteiger partial charge in [0.05, 0.1) is 12.2 Å². The Bertz CT molecular complexity index is 484. The summed E-state index contributed by atoms with van der Waals surface area (Å²) in [6.07, 6.45) is 0.984. The van der Waals surface area contributed by atoms with Gasteiger partial charge in [-0.05, 0) is 32.5 Å². The fourth-order valence-electron chi connectivity index (χ4n) is 2.31. The SMILES string of the molecule is CC(=O)c1cc(Cl)cc(CN(C)C2CCOC2)c1O. The van der Waals surface area contributed by atoms with Crippen molar-refractivity contribution >= 4 is 17.4 Å². The minimum atomic E-state index is -0.187. The molecule has 0 radical (unpaired) electrons. The van der Waals surface area contributed by atoms with E-state index in [1.807, 2.05) is 7.05 Å². The maximum absolute atomic E-state index is 11.5. The number of hydrogen-bond acceptors (Lipinski definition) is 4. The smallest absolute Gasteiger partial charge is 0.163 e. The fraction of sp³-hybridized carbons (Fsp3) is 0.500. The van der Waals surface area contributed by atoms with Gasteiger partial charge >= 0.3 is 0 Å². The molecule has 1 N–H and O–H groups in total. The van der Waals surface area contributed by atoms with Crippen molar-refractivity contribution in [3.8, 4) is 5.75 Å². The molecule has 1 aliphatic heterocycles. The Morgan fingerprint density at radius 3 is 2.89 bits per heavy atom. The minimum absolute atomic E-state index is 0.0302. The van der Waals surface area contributed by atoms with Gasteiger partial charge in [-0.15, -0.1) is 0 Å². The summed E-state index contributed by atoms with van der Waals surface area (Å²) in [6.45, 7) is 3.44. The lowest BCUT2D eigenvalue weighted by molar-refractivity contribution is 0.101. The number of aromatic hydroxyl groups is 1. The number of rotatable bonds is 4. The number of likely N-dealkylation sites (N-methyl/N-ethyl adjacent to an activating group) is 1. The van der Waals surface area contributed by atoms with Crippen LogP contribution in [-0.2, 0) is 11.3 Å². The molecular weight excluding hydrogens is 266 g/mol. The number of phenolic OH excluding ortho intramolecular Hbond substituents is 1. The summed E-state index contributed by atoms with van der Waals surface area (Å²) in [5.41, 5.74) is 0.950. The highest BCUT2D eigenvalue weighted by atomic mass is 35.5. The molecule has 0 bridgehead atoms. The normalized spacial score (nSPS) is 19.1. The van der Waals surface area contributed by atoms with Gasteiger partial charge in [0.25, 0.3) is 0 Å². The Hall–Kier alpha value is -1.10. The molecule has 0 aromatic heterocycles. The number of nitrogens with zero attached hydrogens (tertiary/aromatic N) is 1. The highest BCUT2D eigenvalue weighted by Crippen LogP contribution is 2.29. The van der Waals surface area contributed by atoms with Gasteiger partial charge in [0.1, 0.15) is 5.75 Å². The standard InChI is InChI=1S/C14H18ClNO3/c1-9(17)13-6-11(15)5-10(14(13)18)7-16(2)12-3-4-19-8-12/h5-6,12,18H,3-4,7-8H2,1-2H3. The first-order valence-corrected chi connectivity index (χ1v) is 6.67. The van der Waals surface area contributed by atoms with Crippen molar-refractivity contribution in [2.75, 3.05) is 20.3 Å². The predicted octanol–water partition coefficient (Wildman–Crippen LogP) is 2.47. The first-order chi connectivity index (χ1) is 8.99. The summed E-state index contributed by atoms with van der Waals surface area (Å²) in [5, 5.41) is 10.6. The van der Waals surface area contributed by atoms with Crippen LogP contribution in [0.2, 0.25) is 5.02 Å². The average molecular weight is 284 g/mol. The highest BCUT2D eigenvalue weighted by molar-refractivity contribution is 6.31. The van der Waals surface area contributed by atoms with Crippen molar-refractivity contribution in [3.63, 3.8) is 0 Å². The van der Waals surface area contributed by atoms with E-state index in [1.165, 1.54) is 13.0 Å². The maximum Gasteiger partial charge on any atom is 0.163 e. The summed E-state index contributed by atoms with van der Waals surface area (Å²) in [7, 11) is 1.98. The third kappa shape index (κ3) is 3.26. The zero-order valence-corrected chi connectivity index (χ0v) is 11.9. The molecule has 4 nitrogen and oxygen atoms in total. The quantitative estimate of drug-likeness (QED) is 0.863. The van der Waals surface area contributed by atoms with Crippen LogP contribution in [0.15, 0.2) is 12.1 Å². The van der Waals surface area contributed by atoms with Crippen molar-refractivity contribution in [2.45, 2.75) is 25.9 Å². The molecule has 1 fully saturated rings. The van der Waals surface area contributed by atoms with E-state index in [1.54, 1.807) is 6.07 Å². The molecule has 1 aromatic carbocycles. The lowest BCUT2D eigenvalue weighted by atomic mass is 10.0. The molecule has 2 rings (SSSR count). The number of ketones is 1. The molecule has 1 heterocycles. The van der Waals surface area contributed by atoms with E-state index >= 15 is 0 Å². The summed E-state index contributed by atoms with van der Waals surface area (Å²) in [5.74, 6) is -0.157. The van der Waals surface area contributed by atoms with E-state index in [9.17, 15) is 9.90 Å². The summed E-state index contributed by atoms with van der Waals surface area (Å²) in [6, 6.07) is 3.55. The van der Waals surface area contributed by atoms with Gasteiger partial charge in [0, 0.05) is 29.8 Å². The number of halogens is 1. The Balaban J connectivity index is 2.21. The lowest BCUT2D eigenvalue weighted by Crippen LogP contribution is -2.31. The van der Waals surface area contributed by atoms with Crippen molar-refractivity contribution < 1.29 is 14.6 Å². The topological polar surface area (TPSA) is 49.8 Å². The van der Waals surface area contributed by atoms with Gasteiger partial charge in [0.15, 0.2) is 5.78 Å². The fourth-order valence-corrected chi connectivity index (χ4v) is 2.55. The Labute approximate surface area is 117 Å². The van der Waals surface area contributed by atoms with Gasteiger partial charge in [-0.2, -0.15) is 0 Å². The Kier molecular flexibility index (Phi) is 4.45.